The van der Waals surface area contributed by atoms with Crippen LogP contribution in [0.4, 0.5) is 13.6 Å². The van der Waals surface area contributed by atoms with E-state index in [4.69, 9.17) is 4.74 Å². The summed E-state index contributed by atoms with van der Waals surface area (Å²) in [6.07, 6.45) is 1.65. The highest BCUT2D eigenvalue weighted by atomic mass is 19.3. The number of methoxy groups -OCH3 is 1. The second kappa shape index (κ2) is 7.68. The summed E-state index contributed by atoms with van der Waals surface area (Å²) < 4.78 is 32.2. The van der Waals surface area contributed by atoms with Crippen LogP contribution in [0.5, 0.6) is 5.75 Å². The molecule has 1 saturated carbocycles. The number of hydrogen-bond acceptors (Lipinski definition) is 6. The largest absolute Gasteiger partial charge is 0.493 e. The van der Waals surface area contributed by atoms with Crippen LogP contribution in [0.3, 0.4) is 0 Å². The highest BCUT2D eigenvalue weighted by Crippen LogP contribution is 2.41. The van der Waals surface area contributed by atoms with Gasteiger partial charge >= 0.3 is 6.03 Å². The molecule has 1 N–H and O–H groups in total. The number of nitrogens with one attached hydrogen (secondary N) is 1. The summed E-state index contributed by atoms with van der Waals surface area (Å²) in [5, 5.41) is 2.53. The number of carbonyl (C=O) groups excluding carboxylic acids is 3. The molecule has 0 unspecified atom stereocenters. The number of alkyl halides is 2. The first-order valence-electron chi connectivity index (χ1n) is 9.74. The van der Waals surface area contributed by atoms with Crippen molar-refractivity contribution in [3.8, 4) is 17.0 Å². The lowest BCUT2D eigenvalue weighted by atomic mass is 9.80. The second-order valence-electron chi connectivity index (χ2n) is 7.70. The van der Waals surface area contributed by atoms with E-state index < -0.39 is 48.6 Å². The van der Waals surface area contributed by atoms with Crippen LogP contribution in [0.25, 0.3) is 11.3 Å². The number of ether oxygens (including phenoxy) is 1. The minimum absolute atomic E-state index is 0.148. The van der Waals surface area contributed by atoms with Crippen molar-refractivity contribution in [1.29, 1.82) is 0 Å². The van der Waals surface area contributed by atoms with E-state index >= 15 is 0 Å². The van der Waals surface area contributed by atoms with Gasteiger partial charge in [0.2, 0.25) is 5.92 Å². The number of Topliss-reactive ketones (excluding diaryl/α,β-unsaturated/α-hetero) is 1. The Balaban J connectivity index is 1.47. The zero-order valence-corrected chi connectivity index (χ0v) is 16.7. The maximum absolute atomic E-state index is 13.5. The fourth-order valence-electron chi connectivity index (χ4n) is 3.93. The molecule has 2 aliphatic rings. The average molecular weight is 430 g/mol. The Labute approximate surface area is 176 Å². The molecular weight excluding hydrogens is 410 g/mol. The molecule has 3 amide bonds. The Kier molecular flexibility index (Phi) is 5.16. The zero-order valence-electron chi connectivity index (χ0n) is 16.7. The number of ketones is 1. The third kappa shape index (κ3) is 3.85. The summed E-state index contributed by atoms with van der Waals surface area (Å²) in [6, 6.07) is 5.75. The van der Waals surface area contributed by atoms with Gasteiger partial charge in [0, 0.05) is 24.0 Å². The third-order valence-corrected chi connectivity index (χ3v) is 5.76. The van der Waals surface area contributed by atoms with Crippen LogP contribution in [0.1, 0.15) is 36.0 Å². The van der Waals surface area contributed by atoms with Crippen LogP contribution in [-0.2, 0) is 4.79 Å². The van der Waals surface area contributed by atoms with Crippen molar-refractivity contribution in [1.82, 2.24) is 20.2 Å². The third-order valence-electron chi connectivity index (χ3n) is 5.76. The molecule has 162 valence electrons. The lowest BCUT2D eigenvalue weighted by molar-refractivity contribution is -0.135. The van der Waals surface area contributed by atoms with Crippen LogP contribution >= 0.6 is 0 Å². The quantitative estimate of drug-likeness (QED) is 0.578. The zero-order chi connectivity index (χ0) is 22.2. The van der Waals surface area contributed by atoms with E-state index in [2.05, 4.69) is 15.3 Å². The Bertz CT molecular complexity index is 1030. The first kappa shape index (κ1) is 20.8. The summed E-state index contributed by atoms with van der Waals surface area (Å²) in [5.74, 6) is -3.43. The fraction of sp³-hybridized carbons (Fsp3) is 0.381. The molecule has 8 nitrogen and oxygen atoms in total. The smallest absolute Gasteiger partial charge is 0.325 e. The van der Waals surface area contributed by atoms with Gasteiger partial charge in [-0.3, -0.25) is 14.5 Å². The molecule has 1 aromatic heterocycles. The van der Waals surface area contributed by atoms with Crippen molar-refractivity contribution >= 4 is 17.7 Å². The van der Waals surface area contributed by atoms with Gasteiger partial charge < -0.3 is 10.1 Å². The summed E-state index contributed by atoms with van der Waals surface area (Å²) in [7, 11) is 1.50. The van der Waals surface area contributed by atoms with Gasteiger partial charge in [0.25, 0.3) is 5.91 Å². The second-order valence-corrected chi connectivity index (χ2v) is 7.70. The Hall–Kier alpha value is -3.43. The predicted molar refractivity (Wildman–Crippen MR) is 105 cm³/mol. The molecule has 2 fully saturated rings. The molecule has 10 heteroatoms. The minimum Gasteiger partial charge on any atom is -0.493 e. The summed E-state index contributed by atoms with van der Waals surface area (Å²) in [5.41, 5.74) is 0.218. The molecule has 0 atom stereocenters. The van der Waals surface area contributed by atoms with Crippen molar-refractivity contribution in [3.63, 3.8) is 0 Å². The van der Waals surface area contributed by atoms with Crippen LogP contribution in [-0.4, -0.2) is 57.7 Å². The van der Waals surface area contributed by atoms with Crippen molar-refractivity contribution in [2.24, 2.45) is 0 Å². The SMILES string of the molecule is COc1cncnc1-c1ccc(C(=O)CN2C(=O)NC3(CCC(F)(F)CC3)C2=O)cc1. The monoisotopic (exact) mass is 430 g/mol. The number of aromatic nitrogens is 2. The molecular formula is C21H20F2N4O4. The fourth-order valence-corrected chi connectivity index (χ4v) is 3.93. The predicted octanol–water partition coefficient (Wildman–Crippen LogP) is 2.83. The Morgan fingerprint density at radius 3 is 2.48 bits per heavy atom. The molecule has 2 heterocycles. The van der Waals surface area contributed by atoms with E-state index in [9.17, 15) is 23.2 Å². The molecule has 4 rings (SSSR count). The molecule has 1 saturated heterocycles. The molecule has 31 heavy (non-hydrogen) atoms. The average Bonchev–Trinajstić information content (AvgIpc) is 3.00. The molecule has 0 bridgehead atoms. The molecule has 1 aromatic carbocycles. The van der Waals surface area contributed by atoms with Gasteiger partial charge in [-0.05, 0) is 12.8 Å². The Morgan fingerprint density at radius 2 is 1.84 bits per heavy atom. The number of urea groups is 1. The van der Waals surface area contributed by atoms with E-state index in [1.54, 1.807) is 24.3 Å². The van der Waals surface area contributed by atoms with Gasteiger partial charge in [-0.15, -0.1) is 0 Å². The number of halogens is 2. The van der Waals surface area contributed by atoms with Gasteiger partial charge in [-0.25, -0.2) is 23.5 Å². The number of hydrogen-bond donors (Lipinski definition) is 1. The van der Waals surface area contributed by atoms with E-state index in [1.165, 1.54) is 19.6 Å². The standard InChI is InChI=1S/C21H20F2N4O4/c1-31-16-10-24-12-25-17(16)14-4-2-13(3-5-14)15(28)11-27-18(29)20(26-19(27)30)6-8-21(22,23)9-7-20/h2-5,10,12H,6-9,11H2,1H3,(H,26,30). The number of amides is 3. The first-order valence-corrected chi connectivity index (χ1v) is 9.74. The first-order chi connectivity index (χ1) is 14.7. The molecule has 1 aliphatic heterocycles. The van der Waals surface area contributed by atoms with Gasteiger partial charge in [-0.2, -0.15) is 0 Å². The number of imide groups is 1. The van der Waals surface area contributed by atoms with Crippen molar-refractivity contribution in [2.45, 2.75) is 37.1 Å². The van der Waals surface area contributed by atoms with Crippen molar-refractivity contribution < 1.29 is 27.9 Å². The number of rotatable bonds is 5. The highest BCUT2D eigenvalue weighted by molar-refractivity contribution is 6.11. The van der Waals surface area contributed by atoms with Crippen LogP contribution in [0.2, 0.25) is 0 Å². The van der Waals surface area contributed by atoms with Gasteiger partial charge in [0.1, 0.15) is 17.6 Å². The number of benzene rings is 1. The van der Waals surface area contributed by atoms with Crippen LogP contribution in [0.15, 0.2) is 36.8 Å². The van der Waals surface area contributed by atoms with Crippen LogP contribution < -0.4 is 10.1 Å². The van der Waals surface area contributed by atoms with E-state index in [-0.39, 0.29) is 12.8 Å². The summed E-state index contributed by atoms with van der Waals surface area (Å²) in [6.45, 7) is -0.459. The normalized spacial score (nSPS) is 19.4. The van der Waals surface area contributed by atoms with Crippen molar-refractivity contribution in [2.75, 3.05) is 13.7 Å². The maximum Gasteiger partial charge on any atom is 0.325 e. The van der Waals surface area contributed by atoms with E-state index in [1.807, 2.05) is 0 Å². The summed E-state index contributed by atoms with van der Waals surface area (Å²) >= 11 is 0. The van der Waals surface area contributed by atoms with Gasteiger partial charge in [0.05, 0.1) is 19.9 Å². The molecule has 1 aliphatic carbocycles. The van der Waals surface area contributed by atoms with E-state index in [0.29, 0.717) is 22.6 Å². The lowest BCUT2D eigenvalue weighted by Crippen LogP contribution is -2.51. The molecule has 1 spiro atoms. The summed E-state index contributed by atoms with van der Waals surface area (Å²) in [4.78, 5) is 46.7. The Morgan fingerprint density at radius 1 is 1.16 bits per heavy atom. The topological polar surface area (TPSA) is 101 Å². The highest BCUT2D eigenvalue weighted by Gasteiger charge is 2.55. The number of carbonyl (C=O) groups is 3. The lowest BCUT2D eigenvalue weighted by Gasteiger charge is -2.34. The van der Waals surface area contributed by atoms with Gasteiger partial charge in [0.15, 0.2) is 11.5 Å². The minimum atomic E-state index is -2.84. The maximum atomic E-state index is 13.5. The van der Waals surface area contributed by atoms with E-state index in [0.717, 1.165) is 4.90 Å². The number of nitrogens with zero attached hydrogens (tertiary/aromatic N) is 3. The molecule has 0 radical (unpaired) electrons. The van der Waals surface area contributed by atoms with Gasteiger partial charge in [-0.1, -0.05) is 24.3 Å². The van der Waals surface area contributed by atoms with Crippen molar-refractivity contribution in [3.05, 3.63) is 42.4 Å². The molecule has 2 aromatic rings. The van der Waals surface area contributed by atoms with Crippen LogP contribution in [0, 0.1) is 0 Å².